The van der Waals surface area contributed by atoms with Crippen LogP contribution in [0.4, 0.5) is 11.8 Å². The second-order valence-electron chi connectivity index (χ2n) is 6.55. The van der Waals surface area contributed by atoms with Crippen molar-refractivity contribution in [3.63, 3.8) is 0 Å². The van der Waals surface area contributed by atoms with Crippen molar-refractivity contribution >= 4 is 11.8 Å². The number of nitrogens with two attached hydrogens (primary N) is 1. The topological polar surface area (TPSA) is 79.1 Å². The molecule has 0 saturated heterocycles. The number of hydrogen-bond donors (Lipinski definition) is 3. The molecule has 1 aromatic heterocycles. The van der Waals surface area contributed by atoms with Crippen LogP contribution >= 0.6 is 0 Å². The van der Waals surface area contributed by atoms with Gasteiger partial charge in [0.25, 0.3) is 0 Å². The minimum absolute atomic E-state index is 0.282. The van der Waals surface area contributed by atoms with Crippen LogP contribution in [-0.2, 0) is 0 Å². The molecular formula is C19H26N6. The minimum atomic E-state index is 0.282. The fourth-order valence-electron chi connectivity index (χ4n) is 3.10. The summed E-state index contributed by atoms with van der Waals surface area (Å²) in [7, 11) is 0. The molecule has 0 amide bonds. The average molecular weight is 338 g/mol. The number of hydrogen-bond acceptors (Lipinski definition) is 6. The smallest absolute Gasteiger partial charge is 0.222 e. The van der Waals surface area contributed by atoms with E-state index in [4.69, 9.17) is 5.73 Å². The summed E-state index contributed by atoms with van der Waals surface area (Å²) in [5, 5.41) is 5.50. The van der Waals surface area contributed by atoms with Gasteiger partial charge >= 0.3 is 0 Å². The normalized spacial score (nSPS) is 16.9. The van der Waals surface area contributed by atoms with Crippen molar-refractivity contribution in [2.24, 2.45) is 0 Å². The molecule has 0 spiro atoms. The van der Waals surface area contributed by atoms with Crippen LogP contribution < -0.4 is 16.5 Å². The quantitative estimate of drug-likeness (QED) is 0.778. The van der Waals surface area contributed by atoms with Crippen LogP contribution in [-0.4, -0.2) is 34.1 Å². The molecule has 0 aliphatic carbocycles. The Morgan fingerprint density at radius 1 is 1.24 bits per heavy atom. The van der Waals surface area contributed by atoms with E-state index in [9.17, 15) is 0 Å². The van der Waals surface area contributed by atoms with Crippen LogP contribution in [0.15, 0.2) is 36.0 Å². The Kier molecular flexibility index (Phi) is 4.90. The van der Waals surface area contributed by atoms with Crippen LogP contribution in [0.2, 0.25) is 0 Å². The molecule has 3 rings (SSSR count). The maximum Gasteiger partial charge on any atom is 0.222 e. The molecule has 1 aromatic carbocycles. The number of nitrogen functional groups attached to an aromatic ring is 1. The van der Waals surface area contributed by atoms with Crippen molar-refractivity contribution in [3.8, 4) is 11.3 Å². The maximum absolute atomic E-state index is 5.92. The Bertz CT molecular complexity index is 798. The van der Waals surface area contributed by atoms with E-state index in [1.165, 1.54) is 16.8 Å². The highest BCUT2D eigenvalue weighted by Gasteiger charge is 2.15. The van der Waals surface area contributed by atoms with Gasteiger partial charge in [-0.15, -0.1) is 0 Å². The molecule has 6 heteroatoms. The lowest BCUT2D eigenvalue weighted by atomic mass is 10.0. The van der Waals surface area contributed by atoms with E-state index in [0.717, 1.165) is 30.2 Å². The molecule has 0 bridgehead atoms. The number of benzene rings is 1. The molecular weight excluding hydrogens is 312 g/mol. The van der Waals surface area contributed by atoms with E-state index in [0.29, 0.717) is 6.04 Å². The number of allylic oxidation sites excluding steroid dienone is 1. The first-order valence-electron chi connectivity index (χ1n) is 8.61. The number of aromatic nitrogens is 2. The Morgan fingerprint density at radius 3 is 2.76 bits per heavy atom. The van der Waals surface area contributed by atoms with Gasteiger partial charge in [0.05, 0.1) is 12.2 Å². The fraction of sp³-hybridized carbons (Fsp3) is 0.368. The molecule has 1 unspecified atom stereocenters. The molecule has 4 N–H and O–H groups in total. The minimum Gasteiger partial charge on any atom is -0.368 e. The molecule has 6 nitrogen and oxygen atoms in total. The number of anilines is 2. The molecule has 25 heavy (non-hydrogen) atoms. The third kappa shape index (κ3) is 3.91. The van der Waals surface area contributed by atoms with Gasteiger partial charge in [-0.25, -0.2) is 10.4 Å². The highest BCUT2D eigenvalue weighted by molar-refractivity contribution is 5.68. The summed E-state index contributed by atoms with van der Waals surface area (Å²) < 4.78 is 0. The van der Waals surface area contributed by atoms with Crippen LogP contribution in [0, 0.1) is 13.8 Å². The largest absolute Gasteiger partial charge is 0.368 e. The third-order valence-electron chi connectivity index (χ3n) is 4.54. The second kappa shape index (κ2) is 7.11. The van der Waals surface area contributed by atoms with Crippen molar-refractivity contribution in [1.29, 1.82) is 0 Å². The number of rotatable bonds is 5. The Labute approximate surface area is 149 Å². The summed E-state index contributed by atoms with van der Waals surface area (Å²) in [4.78, 5) is 8.72. The summed E-state index contributed by atoms with van der Waals surface area (Å²) in [6, 6.07) is 8.55. The first kappa shape index (κ1) is 17.2. The van der Waals surface area contributed by atoms with Gasteiger partial charge in [-0.1, -0.05) is 18.2 Å². The summed E-state index contributed by atoms with van der Waals surface area (Å²) >= 11 is 0. The SMILES string of the molecule is CC1=CC(C)NN1CCNc1cc(-c2cccc(C)c2C)nc(N)n1. The Balaban J connectivity index is 1.72. The molecule has 2 heterocycles. The van der Waals surface area contributed by atoms with Gasteiger partial charge in [0, 0.05) is 29.9 Å². The van der Waals surface area contributed by atoms with Crippen LogP contribution in [0.3, 0.4) is 0 Å². The van der Waals surface area contributed by atoms with Gasteiger partial charge in [0.2, 0.25) is 5.95 Å². The fourth-order valence-corrected chi connectivity index (χ4v) is 3.10. The van der Waals surface area contributed by atoms with Gasteiger partial charge in [0.15, 0.2) is 0 Å². The molecule has 0 radical (unpaired) electrons. The molecule has 1 aliphatic rings. The zero-order chi connectivity index (χ0) is 18.0. The zero-order valence-corrected chi connectivity index (χ0v) is 15.3. The van der Waals surface area contributed by atoms with Gasteiger partial charge in [-0.3, -0.25) is 0 Å². The number of nitrogens with one attached hydrogen (secondary N) is 2. The van der Waals surface area contributed by atoms with Crippen LogP contribution in [0.25, 0.3) is 11.3 Å². The zero-order valence-electron chi connectivity index (χ0n) is 15.3. The summed E-state index contributed by atoms with van der Waals surface area (Å²) in [6.45, 7) is 10.0. The lowest BCUT2D eigenvalue weighted by molar-refractivity contribution is 0.269. The van der Waals surface area contributed by atoms with Gasteiger partial charge in [-0.05, 0) is 44.9 Å². The molecule has 0 fully saturated rings. The number of aryl methyl sites for hydroxylation is 1. The van der Waals surface area contributed by atoms with Crippen molar-refractivity contribution in [3.05, 3.63) is 47.2 Å². The summed E-state index contributed by atoms with van der Waals surface area (Å²) in [6.07, 6.45) is 2.21. The Hall–Kier alpha value is -2.60. The maximum atomic E-state index is 5.92. The van der Waals surface area contributed by atoms with E-state index >= 15 is 0 Å². The molecule has 1 aliphatic heterocycles. The van der Waals surface area contributed by atoms with Crippen LogP contribution in [0.1, 0.15) is 25.0 Å². The average Bonchev–Trinajstić information content (AvgIpc) is 2.87. The first-order chi connectivity index (χ1) is 11.9. The Morgan fingerprint density at radius 2 is 2.04 bits per heavy atom. The second-order valence-corrected chi connectivity index (χ2v) is 6.55. The van der Waals surface area contributed by atoms with Gasteiger partial charge in [0.1, 0.15) is 5.82 Å². The summed E-state index contributed by atoms with van der Waals surface area (Å²) in [5.41, 5.74) is 14.9. The summed E-state index contributed by atoms with van der Waals surface area (Å²) in [5.74, 6) is 1.03. The third-order valence-corrected chi connectivity index (χ3v) is 4.54. The lowest BCUT2D eigenvalue weighted by Gasteiger charge is -2.22. The van der Waals surface area contributed by atoms with Crippen molar-refractivity contribution < 1.29 is 0 Å². The predicted octanol–water partition coefficient (Wildman–Crippen LogP) is 2.87. The molecule has 0 saturated carbocycles. The highest BCUT2D eigenvalue weighted by atomic mass is 15.5. The van der Waals surface area contributed by atoms with Gasteiger partial charge in [-0.2, -0.15) is 4.98 Å². The molecule has 2 aromatic rings. The van der Waals surface area contributed by atoms with Crippen molar-refractivity contribution in [2.45, 2.75) is 33.7 Å². The van der Waals surface area contributed by atoms with E-state index in [2.05, 4.69) is 71.6 Å². The molecule has 132 valence electrons. The van der Waals surface area contributed by atoms with Crippen LogP contribution in [0.5, 0.6) is 0 Å². The standard InChI is InChI=1S/C19H26N6/c1-12-6-5-7-16(15(12)4)17-11-18(23-19(20)22-17)21-8-9-25-14(3)10-13(2)24-25/h5-7,10-11,13,24H,8-9H2,1-4H3,(H3,20,21,22,23). The van der Waals surface area contributed by atoms with E-state index in [1.807, 2.05) is 12.1 Å². The highest BCUT2D eigenvalue weighted by Crippen LogP contribution is 2.26. The predicted molar refractivity (Wildman–Crippen MR) is 103 cm³/mol. The number of nitrogens with zero attached hydrogens (tertiary/aromatic N) is 3. The van der Waals surface area contributed by atoms with Crippen molar-refractivity contribution in [1.82, 2.24) is 20.4 Å². The van der Waals surface area contributed by atoms with Crippen molar-refractivity contribution in [2.75, 3.05) is 24.1 Å². The lowest BCUT2D eigenvalue weighted by Crippen LogP contribution is -2.38. The van der Waals surface area contributed by atoms with E-state index < -0.39 is 0 Å². The number of hydrazine groups is 1. The molecule has 1 atom stereocenters. The van der Waals surface area contributed by atoms with Gasteiger partial charge < -0.3 is 16.1 Å². The monoisotopic (exact) mass is 338 g/mol. The van der Waals surface area contributed by atoms with E-state index in [-0.39, 0.29) is 5.95 Å². The first-order valence-corrected chi connectivity index (χ1v) is 8.61. The van der Waals surface area contributed by atoms with E-state index in [1.54, 1.807) is 0 Å².